The number of fused-ring (bicyclic) bond motifs is 3. The lowest BCUT2D eigenvalue weighted by molar-refractivity contribution is -0.139. The van der Waals surface area contributed by atoms with Gasteiger partial charge in [0.05, 0.1) is 6.67 Å². The van der Waals surface area contributed by atoms with Crippen LogP contribution in [0.25, 0.3) is 11.1 Å². The summed E-state index contributed by atoms with van der Waals surface area (Å²) in [6, 6.07) is 15.9. The number of nitrogens with zero attached hydrogens (tertiary/aromatic N) is 1. The normalized spacial score (nSPS) is 12.6. The first-order chi connectivity index (χ1) is 15.1. The summed E-state index contributed by atoms with van der Waals surface area (Å²) < 4.78 is 10.5. The molecule has 3 N–H and O–H groups in total. The Labute approximate surface area is 186 Å². The van der Waals surface area contributed by atoms with E-state index in [9.17, 15) is 14.4 Å². The number of nitrogens with one attached hydrogen (secondary N) is 2. The summed E-state index contributed by atoms with van der Waals surface area (Å²) in [5, 5.41) is 12.5. The molecule has 0 saturated carbocycles. The second kappa shape index (κ2) is 9.69. The van der Waals surface area contributed by atoms with Crippen molar-refractivity contribution in [2.75, 3.05) is 19.8 Å². The predicted octanol–water partition coefficient (Wildman–Crippen LogP) is 3.31. The molecule has 0 unspecified atom stereocenters. The molecule has 0 spiro atoms. The van der Waals surface area contributed by atoms with E-state index in [1.807, 2.05) is 48.5 Å². The molecule has 2 aromatic carbocycles. The van der Waals surface area contributed by atoms with Crippen LogP contribution >= 0.6 is 0 Å². The molecule has 9 heteroatoms. The van der Waals surface area contributed by atoms with Crippen molar-refractivity contribution in [2.45, 2.75) is 32.3 Å². The van der Waals surface area contributed by atoms with Crippen LogP contribution in [0.4, 0.5) is 9.59 Å². The highest BCUT2D eigenvalue weighted by atomic mass is 16.6. The summed E-state index contributed by atoms with van der Waals surface area (Å²) in [6.45, 7) is 4.38. The zero-order chi connectivity index (χ0) is 23.3. The van der Waals surface area contributed by atoms with Gasteiger partial charge in [-0.2, -0.15) is 5.01 Å². The van der Waals surface area contributed by atoms with E-state index in [0.717, 1.165) is 27.3 Å². The molecule has 32 heavy (non-hydrogen) atoms. The largest absolute Gasteiger partial charge is 0.480 e. The fourth-order valence-corrected chi connectivity index (χ4v) is 3.53. The van der Waals surface area contributed by atoms with Crippen molar-refractivity contribution in [1.82, 2.24) is 15.8 Å². The standard InChI is InChI=1S/C23H27N3O6/c1-23(2,3)32-21(29)24-14-26(12-20(27)28)25-22(30)31-13-19-17-10-6-4-8-15(17)16-9-5-7-11-18(16)19/h4-11,19H,12-14H2,1-3H3,(H,24,29)(H,25,30)(H,27,28). The molecule has 2 amide bonds. The maximum absolute atomic E-state index is 12.4. The van der Waals surface area contributed by atoms with Gasteiger partial charge in [-0.05, 0) is 43.0 Å². The Bertz CT molecular complexity index is 956. The number of benzene rings is 2. The summed E-state index contributed by atoms with van der Waals surface area (Å²) in [5.74, 6) is -1.31. The van der Waals surface area contributed by atoms with Crippen molar-refractivity contribution in [3.05, 3.63) is 59.7 Å². The molecule has 0 bridgehead atoms. The molecule has 0 heterocycles. The summed E-state index contributed by atoms with van der Waals surface area (Å²) in [5.41, 5.74) is 5.99. The number of ether oxygens (including phenoxy) is 2. The number of carbonyl (C=O) groups is 3. The highest BCUT2D eigenvalue weighted by molar-refractivity contribution is 5.79. The third kappa shape index (κ3) is 5.98. The number of hydrogen-bond donors (Lipinski definition) is 3. The Hall–Kier alpha value is -3.59. The van der Waals surface area contributed by atoms with Gasteiger partial charge in [0.15, 0.2) is 0 Å². The summed E-state index contributed by atoms with van der Waals surface area (Å²) in [4.78, 5) is 35.3. The van der Waals surface area contributed by atoms with Gasteiger partial charge in [0.25, 0.3) is 0 Å². The van der Waals surface area contributed by atoms with E-state index in [1.165, 1.54) is 0 Å². The van der Waals surface area contributed by atoms with Crippen LogP contribution in [0.1, 0.15) is 37.8 Å². The van der Waals surface area contributed by atoms with E-state index in [1.54, 1.807) is 20.8 Å². The summed E-state index contributed by atoms with van der Waals surface area (Å²) >= 11 is 0. The highest BCUT2D eigenvalue weighted by Gasteiger charge is 2.29. The van der Waals surface area contributed by atoms with Crippen LogP contribution < -0.4 is 10.7 Å². The van der Waals surface area contributed by atoms with Crippen molar-refractivity contribution in [3.8, 4) is 11.1 Å². The fraction of sp³-hybridized carbons (Fsp3) is 0.348. The Morgan fingerprint density at radius 1 is 0.969 bits per heavy atom. The molecule has 0 aromatic heterocycles. The van der Waals surface area contributed by atoms with Crippen molar-refractivity contribution < 1.29 is 29.0 Å². The number of alkyl carbamates (subject to hydrolysis) is 1. The lowest BCUT2D eigenvalue weighted by atomic mass is 9.98. The minimum Gasteiger partial charge on any atom is -0.480 e. The third-order valence-corrected chi connectivity index (χ3v) is 4.73. The van der Waals surface area contributed by atoms with Gasteiger partial charge < -0.3 is 19.9 Å². The van der Waals surface area contributed by atoms with Gasteiger partial charge in [0.1, 0.15) is 18.8 Å². The molecule has 0 saturated heterocycles. The summed E-state index contributed by atoms with van der Waals surface area (Å²) in [7, 11) is 0. The van der Waals surface area contributed by atoms with Crippen LogP contribution in [0, 0.1) is 0 Å². The van der Waals surface area contributed by atoms with Gasteiger partial charge in [-0.15, -0.1) is 0 Å². The SMILES string of the molecule is CC(C)(C)OC(=O)NCN(CC(=O)O)NC(=O)OCC1c2ccccc2-c2ccccc21. The van der Waals surface area contributed by atoms with Crippen molar-refractivity contribution in [1.29, 1.82) is 0 Å². The number of carboxylic acid groups (broad SMARTS) is 1. The van der Waals surface area contributed by atoms with Gasteiger partial charge >= 0.3 is 18.2 Å². The molecule has 0 radical (unpaired) electrons. The van der Waals surface area contributed by atoms with E-state index in [2.05, 4.69) is 10.7 Å². The van der Waals surface area contributed by atoms with E-state index in [-0.39, 0.29) is 19.2 Å². The van der Waals surface area contributed by atoms with Crippen LogP contribution in [0.15, 0.2) is 48.5 Å². The molecular weight excluding hydrogens is 414 g/mol. The lowest BCUT2D eigenvalue weighted by Crippen LogP contribution is -2.51. The minimum atomic E-state index is -1.19. The monoisotopic (exact) mass is 441 g/mol. The van der Waals surface area contributed by atoms with Gasteiger partial charge in [-0.25, -0.2) is 9.59 Å². The number of aliphatic carboxylic acids is 1. The smallest absolute Gasteiger partial charge is 0.421 e. The molecular formula is C23H27N3O6. The molecule has 170 valence electrons. The number of carbonyl (C=O) groups excluding carboxylic acids is 2. The van der Waals surface area contributed by atoms with Gasteiger partial charge in [-0.1, -0.05) is 48.5 Å². The Morgan fingerprint density at radius 2 is 1.53 bits per heavy atom. The first-order valence-electron chi connectivity index (χ1n) is 10.2. The molecule has 0 atom stereocenters. The maximum Gasteiger partial charge on any atom is 0.421 e. The fourth-order valence-electron chi connectivity index (χ4n) is 3.53. The molecule has 0 fully saturated rings. The molecule has 9 nitrogen and oxygen atoms in total. The molecule has 3 rings (SSSR count). The number of amides is 2. The van der Waals surface area contributed by atoms with Crippen LogP contribution in [-0.2, 0) is 14.3 Å². The van der Waals surface area contributed by atoms with Crippen LogP contribution in [0.2, 0.25) is 0 Å². The second-order valence-corrected chi connectivity index (χ2v) is 8.37. The molecule has 1 aliphatic carbocycles. The average Bonchev–Trinajstić information content (AvgIpc) is 3.03. The van der Waals surface area contributed by atoms with Crippen LogP contribution in [0.3, 0.4) is 0 Å². The Balaban J connectivity index is 1.59. The number of carboxylic acids is 1. The van der Waals surface area contributed by atoms with E-state index < -0.39 is 30.3 Å². The molecule has 0 aliphatic heterocycles. The average molecular weight is 441 g/mol. The van der Waals surface area contributed by atoms with E-state index in [4.69, 9.17) is 14.6 Å². The zero-order valence-electron chi connectivity index (χ0n) is 18.3. The van der Waals surface area contributed by atoms with Gasteiger partial charge in [0, 0.05) is 5.92 Å². The van der Waals surface area contributed by atoms with Gasteiger partial charge in [0.2, 0.25) is 0 Å². The van der Waals surface area contributed by atoms with Gasteiger partial charge in [-0.3, -0.25) is 10.2 Å². The number of hydrogen-bond acceptors (Lipinski definition) is 6. The highest BCUT2D eigenvalue weighted by Crippen LogP contribution is 2.44. The number of hydrazine groups is 1. The van der Waals surface area contributed by atoms with Crippen molar-refractivity contribution in [3.63, 3.8) is 0 Å². The first-order valence-corrected chi connectivity index (χ1v) is 10.2. The molecule has 2 aromatic rings. The van der Waals surface area contributed by atoms with Crippen LogP contribution in [-0.4, -0.2) is 53.7 Å². The van der Waals surface area contributed by atoms with E-state index >= 15 is 0 Å². The lowest BCUT2D eigenvalue weighted by Gasteiger charge is -2.24. The second-order valence-electron chi connectivity index (χ2n) is 8.37. The minimum absolute atomic E-state index is 0.0836. The first kappa shape index (κ1) is 23.1. The maximum atomic E-state index is 12.4. The van der Waals surface area contributed by atoms with Crippen molar-refractivity contribution in [2.24, 2.45) is 0 Å². The number of rotatable bonds is 7. The summed E-state index contributed by atoms with van der Waals surface area (Å²) in [6.07, 6.45) is -1.55. The third-order valence-electron chi connectivity index (χ3n) is 4.73. The quantitative estimate of drug-likeness (QED) is 0.446. The van der Waals surface area contributed by atoms with Crippen molar-refractivity contribution >= 4 is 18.2 Å². The Morgan fingerprint density at radius 3 is 2.06 bits per heavy atom. The van der Waals surface area contributed by atoms with E-state index in [0.29, 0.717) is 0 Å². The zero-order valence-corrected chi connectivity index (χ0v) is 18.3. The van der Waals surface area contributed by atoms with Crippen LogP contribution in [0.5, 0.6) is 0 Å². The molecule has 1 aliphatic rings. The topological polar surface area (TPSA) is 117 Å². The predicted molar refractivity (Wildman–Crippen MR) is 117 cm³/mol. The Kier molecular flexibility index (Phi) is 6.99.